The Morgan fingerprint density at radius 3 is 2.71 bits per heavy atom. The number of phenols is 1. The Kier molecular flexibility index (Phi) is 4.43. The van der Waals surface area contributed by atoms with Gasteiger partial charge < -0.3 is 9.84 Å². The van der Waals surface area contributed by atoms with Crippen LogP contribution in [0.1, 0.15) is 18.1 Å². The van der Waals surface area contributed by atoms with Crippen molar-refractivity contribution in [2.75, 3.05) is 11.4 Å². The molecular formula is C20H19NO3. The fourth-order valence-electron chi connectivity index (χ4n) is 3.00. The molecule has 0 bridgehead atoms. The Morgan fingerprint density at radius 2 is 2.00 bits per heavy atom. The molecule has 1 unspecified atom stereocenters. The van der Waals surface area contributed by atoms with Gasteiger partial charge in [-0.1, -0.05) is 37.1 Å². The van der Waals surface area contributed by atoms with Crippen LogP contribution in [-0.4, -0.2) is 23.7 Å². The Hall–Kier alpha value is -2.93. The molecule has 1 atom stereocenters. The molecule has 0 aliphatic carbocycles. The van der Waals surface area contributed by atoms with Gasteiger partial charge in [0.2, 0.25) is 0 Å². The molecule has 1 amide bonds. The molecule has 122 valence electrons. The molecule has 0 saturated heterocycles. The number of terminal acetylenes is 1. The van der Waals surface area contributed by atoms with Crippen molar-refractivity contribution < 1.29 is 14.6 Å². The summed E-state index contributed by atoms with van der Waals surface area (Å²) in [5, 5.41) is 9.68. The van der Waals surface area contributed by atoms with Gasteiger partial charge in [0.05, 0.1) is 12.2 Å². The number of hydrogen-bond acceptors (Lipinski definition) is 3. The number of carbonyl (C=O) groups is 1. The van der Waals surface area contributed by atoms with Crippen molar-refractivity contribution in [1.29, 1.82) is 0 Å². The highest BCUT2D eigenvalue weighted by molar-refractivity contribution is 6.00. The summed E-state index contributed by atoms with van der Waals surface area (Å²) in [4.78, 5) is 14.3. The van der Waals surface area contributed by atoms with Crippen LogP contribution in [0, 0.1) is 12.3 Å². The second kappa shape index (κ2) is 6.67. The van der Waals surface area contributed by atoms with Gasteiger partial charge >= 0.3 is 0 Å². The summed E-state index contributed by atoms with van der Waals surface area (Å²) < 4.78 is 5.91. The minimum Gasteiger partial charge on any atom is -0.508 e. The Labute approximate surface area is 141 Å². The first-order valence-corrected chi connectivity index (χ1v) is 7.95. The first-order chi connectivity index (χ1) is 11.6. The lowest BCUT2D eigenvalue weighted by Gasteiger charge is -2.33. The van der Waals surface area contributed by atoms with Crippen molar-refractivity contribution in [1.82, 2.24) is 0 Å². The average Bonchev–Trinajstić information content (AvgIpc) is 2.59. The van der Waals surface area contributed by atoms with Gasteiger partial charge in [-0.2, -0.15) is 0 Å². The number of rotatable bonds is 4. The van der Waals surface area contributed by atoms with E-state index in [0.717, 1.165) is 12.0 Å². The number of phenolic OH excluding ortho intramolecular Hbond substituents is 1. The third-order valence-electron chi connectivity index (χ3n) is 4.20. The van der Waals surface area contributed by atoms with Gasteiger partial charge in [0.1, 0.15) is 11.5 Å². The van der Waals surface area contributed by atoms with Crippen molar-refractivity contribution in [2.24, 2.45) is 0 Å². The maximum absolute atomic E-state index is 12.8. The number of ether oxygens (including phenoxy) is 1. The predicted octanol–water partition coefficient (Wildman–Crippen LogP) is 2.92. The molecule has 2 aromatic rings. The lowest BCUT2D eigenvalue weighted by Crippen LogP contribution is -2.47. The second-order valence-corrected chi connectivity index (χ2v) is 5.71. The van der Waals surface area contributed by atoms with E-state index >= 15 is 0 Å². The van der Waals surface area contributed by atoms with Crippen LogP contribution in [0.3, 0.4) is 0 Å². The monoisotopic (exact) mass is 321 g/mol. The topological polar surface area (TPSA) is 49.8 Å². The number of amides is 1. The van der Waals surface area contributed by atoms with Crippen molar-refractivity contribution in [3.05, 3.63) is 53.6 Å². The molecule has 1 aliphatic heterocycles. The molecule has 0 saturated carbocycles. The van der Waals surface area contributed by atoms with Gasteiger partial charge in [0.15, 0.2) is 6.10 Å². The van der Waals surface area contributed by atoms with Gasteiger partial charge in [-0.3, -0.25) is 9.69 Å². The van der Waals surface area contributed by atoms with E-state index < -0.39 is 6.10 Å². The highest BCUT2D eigenvalue weighted by atomic mass is 16.5. The Bertz CT molecular complexity index is 807. The van der Waals surface area contributed by atoms with E-state index in [4.69, 9.17) is 11.2 Å². The summed E-state index contributed by atoms with van der Waals surface area (Å²) in [6, 6.07) is 12.8. The smallest absolute Gasteiger partial charge is 0.269 e. The van der Waals surface area contributed by atoms with Crippen LogP contribution >= 0.6 is 0 Å². The molecule has 1 N–H and O–H groups in total. The van der Waals surface area contributed by atoms with Crippen molar-refractivity contribution >= 4 is 11.6 Å². The number of anilines is 1. The average molecular weight is 321 g/mol. The largest absolute Gasteiger partial charge is 0.508 e. The number of carbonyl (C=O) groups excluding carboxylic acids is 1. The Balaban J connectivity index is 1.94. The summed E-state index contributed by atoms with van der Waals surface area (Å²) in [6.07, 6.45) is 6.18. The highest BCUT2D eigenvalue weighted by Gasteiger charge is 2.34. The molecule has 2 aromatic carbocycles. The van der Waals surface area contributed by atoms with Crippen molar-refractivity contribution in [2.45, 2.75) is 25.9 Å². The number of benzene rings is 2. The summed E-state index contributed by atoms with van der Waals surface area (Å²) in [7, 11) is 0. The van der Waals surface area contributed by atoms with E-state index in [-0.39, 0.29) is 18.2 Å². The maximum Gasteiger partial charge on any atom is 0.269 e. The zero-order chi connectivity index (χ0) is 17.1. The number of aromatic hydroxyl groups is 1. The van der Waals surface area contributed by atoms with Crippen LogP contribution in [0.15, 0.2) is 42.5 Å². The molecule has 24 heavy (non-hydrogen) atoms. The van der Waals surface area contributed by atoms with Crippen molar-refractivity contribution in [3.8, 4) is 23.8 Å². The second-order valence-electron chi connectivity index (χ2n) is 5.71. The standard InChI is InChI=1S/C20H19NO3/c1-3-11-21-17-13-16(22)9-10-18(17)24-19(20(21)23)12-15-8-6-5-7-14(15)4-2/h1,5-10,13,19,22H,4,11-12H2,2H3. The molecule has 0 radical (unpaired) electrons. The number of nitrogens with zero attached hydrogens (tertiary/aromatic N) is 1. The first-order valence-electron chi connectivity index (χ1n) is 7.95. The predicted molar refractivity (Wildman–Crippen MR) is 93.2 cm³/mol. The molecule has 4 nitrogen and oxygen atoms in total. The normalized spacial score (nSPS) is 16.2. The molecular weight excluding hydrogens is 302 g/mol. The number of aryl methyl sites for hydroxylation is 1. The zero-order valence-electron chi connectivity index (χ0n) is 13.5. The van der Waals surface area contributed by atoms with Crippen LogP contribution in [0.2, 0.25) is 0 Å². The van der Waals surface area contributed by atoms with Gasteiger partial charge in [0, 0.05) is 12.5 Å². The zero-order valence-corrected chi connectivity index (χ0v) is 13.5. The van der Waals surface area contributed by atoms with E-state index in [0.29, 0.717) is 17.9 Å². The fourth-order valence-corrected chi connectivity index (χ4v) is 3.00. The molecule has 0 fully saturated rings. The van der Waals surface area contributed by atoms with Gasteiger partial charge in [-0.25, -0.2) is 0 Å². The fraction of sp³-hybridized carbons (Fsp3) is 0.250. The van der Waals surface area contributed by atoms with Crippen molar-refractivity contribution in [3.63, 3.8) is 0 Å². The summed E-state index contributed by atoms with van der Waals surface area (Å²) in [5.74, 6) is 2.95. The maximum atomic E-state index is 12.8. The van der Waals surface area contributed by atoms with Crippen LogP contribution in [-0.2, 0) is 17.6 Å². The molecule has 1 heterocycles. The highest BCUT2D eigenvalue weighted by Crippen LogP contribution is 2.37. The molecule has 4 heteroatoms. The van der Waals surface area contributed by atoms with Gasteiger partial charge in [-0.05, 0) is 29.7 Å². The molecule has 0 aromatic heterocycles. The van der Waals surface area contributed by atoms with E-state index in [9.17, 15) is 9.90 Å². The first kappa shape index (κ1) is 15.9. The number of hydrogen-bond donors (Lipinski definition) is 1. The van der Waals surface area contributed by atoms with E-state index in [1.54, 1.807) is 12.1 Å². The van der Waals surface area contributed by atoms with Gasteiger partial charge in [-0.15, -0.1) is 6.42 Å². The van der Waals surface area contributed by atoms with E-state index in [1.807, 2.05) is 18.2 Å². The third kappa shape index (κ3) is 2.93. The lowest BCUT2D eigenvalue weighted by atomic mass is 9.98. The summed E-state index contributed by atoms with van der Waals surface area (Å²) in [5.41, 5.74) is 2.81. The summed E-state index contributed by atoms with van der Waals surface area (Å²) >= 11 is 0. The summed E-state index contributed by atoms with van der Waals surface area (Å²) in [6.45, 7) is 2.23. The molecule has 3 rings (SSSR count). The third-order valence-corrected chi connectivity index (χ3v) is 4.20. The Morgan fingerprint density at radius 1 is 1.25 bits per heavy atom. The lowest BCUT2D eigenvalue weighted by molar-refractivity contribution is -0.126. The minimum atomic E-state index is -0.622. The molecule has 1 aliphatic rings. The molecule has 0 spiro atoms. The minimum absolute atomic E-state index is 0.0713. The van der Waals surface area contributed by atoms with E-state index in [2.05, 4.69) is 18.9 Å². The van der Waals surface area contributed by atoms with Crippen LogP contribution < -0.4 is 9.64 Å². The SMILES string of the molecule is C#CCN1C(=O)C(Cc2ccccc2CC)Oc2ccc(O)cc21. The van der Waals surface area contributed by atoms with E-state index in [1.165, 1.54) is 16.5 Å². The van der Waals surface area contributed by atoms with Crippen LogP contribution in [0.4, 0.5) is 5.69 Å². The van der Waals surface area contributed by atoms with Crippen LogP contribution in [0.5, 0.6) is 11.5 Å². The van der Waals surface area contributed by atoms with Gasteiger partial charge in [0.25, 0.3) is 5.91 Å². The van der Waals surface area contributed by atoms with Crippen LogP contribution in [0.25, 0.3) is 0 Å². The number of fused-ring (bicyclic) bond motifs is 1. The quantitative estimate of drug-likeness (QED) is 0.881.